The van der Waals surface area contributed by atoms with E-state index in [1.165, 1.54) is 29.8 Å². The average molecular weight is 191 g/mol. The minimum absolute atomic E-state index is 1.06. The fraction of sp³-hybridized carbons (Fsp3) is 0.455. The van der Waals surface area contributed by atoms with Crippen molar-refractivity contribution < 1.29 is 0 Å². The van der Waals surface area contributed by atoms with Crippen LogP contribution in [0.5, 0.6) is 0 Å². The van der Waals surface area contributed by atoms with Crippen molar-refractivity contribution in [3.8, 4) is 0 Å². The van der Waals surface area contributed by atoms with Crippen LogP contribution in [-0.4, -0.2) is 6.54 Å². The third kappa shape index (κ3) is 1.68. The maximum Gasteiger partial charge on any atom is 0.0782 e. The van der Waals surface area contributed by atoms with Gasteiger partial charge in [0.05, 0.1) is 11.4 Å². The van der Waals surface area contributed by atoms with E-state index in [4.69, 9.17) is 0 Å². The second-order valence-corrected chi connectivity index (χ2v) is 3.76. The number of fused-ring (bicyclic) bond motifs is 1. The van der Waals surface area contributed by atoms with Gasteiger partial charge < -0.3 is 5.43 Å². The van der Waals surface area contributed by atoms with E-state index in [1.54, 1.807) is 0 Å². The third-order valence-corrected chi connectivity index (χ3v) is 2.50. The average Bonchev–Trinajstić information content (AvgIpc) is 2.57. The van der Waals surface area contributed by atoms with Gasteiger partial charge in [-0.1, -0.05) is 19.4 Å². The summed E-state index contributed by atoms with van der Waals surface area (Å²) in [4.78, 5) is 0. The molecule has 0 aliphatic carbocycles. The van der Waals surface area contributed by atoms with Gasteiger partial charge in [-0.15, -0.1) is 5.53 Å². The summed E-state index contributed by atoms with van der Waals surface area (Å²) in [5.74, 6) is 0. The molecule has 1 aromatic rings. The molecular formula is C11H17N3. The molecule has 0 radical (unpaired) electrons. The molecule has 2 N–H and O–H groups in total. The summed E-state index contributed by atoms with van der Waals surface area (Å²) in [5.41, 5.74) is 10.1. The molecule has 0 fully saturated rings. The first kappa shape index (κ1) is 9.34. The molecule has 3 nitrogen and oxygen atoms in total. The lowest BCUT2D eigenvalue weighted by molar-refractivity contribution is 0.673. The fourth-order valence-electron chi connectivity index (χ4n) is 1.67. The number of benzene rings is 1. The highest BCUT2D eigenvalue weighted by molar-refractivity contribution is 5.73. The normalized spacial score (nSPS) is 14.0. The van der Waals surface area contributed by atoms with Crippen LogP contribution < -0.4 is 16.0 Å². The molecule has 0 spiro atoms. The lowest BCUT2D eigenvalue weighted by Gasteiger charge is -2.16. The summed E-state index contributed by atoms with van der Waals surface area (Å²) < 4.78 is 0. The Morgan fingerprint density at radius 2 is 2.21 bits per heavy atom. The minimum Gasteiger partial charge on any atom is -0.302 e. The fourth-order valence-corrected chi connectivity index (χ4v) is 1.67. The molecular weight excluding hydrogens is 174 g/mol. The summed E-state index contributed by atoms with van der Waals surface area (Å²) >= 11 is 0. The van der Waals surface area contributed by atoms with Gasteiger partial charge in [-0.3, -0.25) is 5.01 Å². The van der Waals surface area contributed by atoms with Crippen LogP contribution in [0.2, 0.25) is 0 Å². The van der Waals surface area contributed by atoms with Crippen LogP contribution in [0.1, 0.15) is 25.3 Å². The van der Waals surface area contributed by atoms with Gasteiger partial charge in [0.2, 0.25) is 0 Å². The molecule has 1 aromatic carbocycles. The van der Waals surface area contributed by atoms with Crippen LogP contribution in [0.3, 0.4) is 0 Å². The van der Waals surface area contributed by atoms with E-state index in [0.717, 1.165) is 6.54 Å². The zero-order chi connectivity index (χ0) is 9.97. The van der Waals surface area contributed by atoms with Gasteiger partial charge in [0.1, 0.15) is 0 Å². The minimum atomic E-state index is 1.06. The largest absolute Gasteiger partial charge is 0.302 e. The van der Waals surface area contributed by atoms with E-state index in [-0.39, 0.29) is 0 Å². The second kappa shape index (κ2) is 3.88. The van der Waals surface area contributed by atoms with Gasteiger partial charge in [0.15, 0.2) is 0 Å². The zero-order valence-electron chi connectivity index (χ0n) is 8.80. The van der Waals surface area contributed by atoms with E-state index >= 15 is 0 Å². The Morgan fingerprint density at radius 3 is 3.00 bits per heavy atom. The number of hydrazine groups is 2. The summed E-state index contributed by atoms with van der Waals surface area (Å²) in [6.07, 6.45) is 2.43. The Bertz CT molecular complexity index is 322. The highest BCUT2D eigenvalue weighted by Gasteiger charge is 2.16. The monoisotopic (exact) mass is 191 g/mol. The van der Waals surface area contributed by atoms with Crippen molar-refractivity contribution in [2.45, 2.75) is 26.7 Å². The van der Waals surface area contributed by atoms with Gasteiger partial charge in [-0.25, -0.2) is 0 Å². The van der Waals surface area contributed by atoms with E-state index in [2.05, 4.69) is 48.0 Å². The quantitative estimate of drug-likeness (QED) is 0.768. The smallest absolute Gasteiger partial charge is 0.0782 e. The molecule has 1 heterocycles. The van der Waals surface area contributed by atoms with Crippen molar-refractivity contribution in [1.29, 1.82) is 0 Å². The highest BCUT2D eigenvalue weighted by atomic mass is 15.7. The van der Waals surface area contributed by atoms with Crippen molar-refractivity contribution in [2.75, 3.05) is 17.0 Å². The van der Waals surface area contributed by atoms with Crippen LogP contribution in [0.25, 0.3) is 0 Å². The first-order chi connectivity index (χ1) is 6.81. The SMILES string of the molecule is CCCCN1NNc2cc(C)ccc21. The Kier molecular flexibility index (Phi) is 2.59. The molecule has 0 unspecified atom stereocenters. The van der Waals surface area contributed by atoms with Crippen molar-refractivity contribution in [1.82, 2.24) is 5.53 Å². The predicted molar refractivity (Wildman–Crippen MR) is 60.2 cm³/mol. The van der Waals surface area contributed by atoms with Crippen molar-refractivity contribution in [3.05, 3.63) is 23.8 Å². The number of hydrogen-bond donors (Lipinski definition) is 2. The Balaban J connectivity index is 2.14. The molecule has 14 heavy (non-hydrogen) atoms. The maximum atomic E-state index is 3.18. The Hall–Kier alpha value is -1.22. The lowest BCUT2D eigenvalue weighted by atomic mass is 10.2. The van der Waals surface area contributed by atoms with Crippen LogP contribution in [0.4, 0.5) is 11.4 Å². The summed E-state index contributed by atoms with van der Waals surface area (Å²) in [6, 6.07) is 6.47. The maximum absolute atomic E-state index is 3.18. The van der Waals surface area contributed by atoms with Gasteiger partial charge in [-0.05, 0) is 31.0 Å². The molecule has 0 saturated heterocycles. The molecule has 0 amide bonds. The molecule has 76 valence electrons. The van der Waals surface area contributed by atoms with Crippen molar-refractivity contribution >= 4 is 11.4 Å². The van der Waals surface area contributed by atoms with Crippen LogP contribution in [0, 0.1) is 6.92 Å². The summed E-state index contributed by atoms with van der Waals surface area (Å²) in [6.45, 7) is 5.37. The molecule has 0 atom stereocenters. The summed E-state index contributed by atoms with van der Waals surface area (Å²) in [5, 5.41) is 2.16. The van der Waals surface area contributed by atoms with Gasteiger partial charge in [0.25, 0.3) is 0 Å². The number of anilines is 2. The Labute approximate surface area is 85.1 Å². The van der Waals surface area contributed by atoms with E-state index in [1.807, 2.05) is 0 Å². The van der Waals surface area contributed by atoms with E-state index in [9.17, 15) is 0 Å². The zero-order valence-corrected chi connectivity index (χ0v) is 8.80. The first-order valence-corrected chi connectivity index (χ1v) is 5.21. The molecule has 1 aliphatic heterocycles. The molecule has 3 heteroatoms. The molecule has 0 aromatic heterocycles. The van der Waals surface area contributed by atoms with Gasteiger partial charge >= 0.3 is 0 Å². The number of unbranched alkanes of at least 4 members (excludes halogenated alkanes) is 1. The summed E-state index contributed by atoms with van der Waals surface area (Å²) in [7, 11) is 0. The molecule has 2 rings (SSSR count). The number of nitrogens with one attached hydrogen (secondary N) is 2. The van der Waals surface area contributed by atoms with Crippen molar-refractivity contribution in [2.24, 2.45) is 0 Å². The first-order valence-electron chi connectivity index (χ1n) is 5.21. The van der Waals surface area contributed by atoms with Gasteiger partial charge in [-0.2, -0.15) is 0 Å². The predicted octanol–water partition coefficient (Wildman–Crippen LogP) is 2.45. The molecule has 0 saturated carbocycles. The van der Waals surface area contributed by atoms with E-state index in [0.29, 0.717) is 0 Å². The highest BCUT2D eigenvalue weighted by Crippen LogP contribution is 2.29. The Morgan fingerprint density at radius 1 is 1.36 bits per heavy atom. The molecule has 1 aliphatic rings. The second-order valence-electron chi connectivity index (χ2n) is 3.76. The number of hydrogen-bond acceptors (Lipinski definition) is 3. The number of aryl methyl sites for hydroxylation is 1. The number of rotatable bonds is 3. The topological polar surface area (TPSA) is 27.3 Å². The van der Waals surface area contributed by atoms with Crippen LogP contribution >= 0.6 is 0 Å². The standard InChI is InChI=1S/C11H17N3/c1-3-4-7-14-11-6-5-9(2)8-10(11)12-13-14/h5-6,8,12-13H,3-4,7H2,1-2H3. The van der Waals surface area contributed by atoms with E-state index < -0.39 is 0 Å². The van der Waals surface area contributed by atoms with Crippen LogP contribution in [-0.2, 0) is 0 Å². The van der Waals surface area contributed by atoms with Gasteiger partial charge in [0, 0.05) is 6.54 Å². The molecule has 0 bridgehead atoms. The lowest BCUT2D eigenvalue weighted by Crippen LogP contribution is -2.36. The van der Waals surface area contributed by atoms with Crippen LogP contribution in [0.15, 0.2) is 18.2 Å². The van der Waals surface area contributed by atoms with Crippen molar-refractivity contribution in [3.63, 3.8) is 0 Å². The third-order valence-electron chi connectivity index (χ3n) is 2.50. The number of nitrogens with zero attached hydrogens (tertiary/aromatic N) is 1.